The Kier molecular flexibility index (Phi) is 7.48. The molecule has 2 aromatic heterocycles. The predicted octanol–water partition coefficient (Wildman–Crippen LogP) is 12.2. The van der Waals surface area contributed by atoms with Gasteiger partial charge in [-0.15, -0.1) is 0 Å². The molecule has 1 aliphatic rings. The number of fused-ring (bicyclic) bond motifs is 3. The molecule has 0 saturated carbocycles. The van der Waals surface area contributed by atoms with E-state index in [9.17, 15) is 0 Å². The van der Waals surface area contributed by atoms with E-state index in [1.54, 1.807) is 0 Å². The van der Waals surface area contributed by atoms with E-state index < -0.39 is 0 Å². The first-order valence-electron chi connectivity index (χ1n) is 17.4. The largest absolute Gasteiger partial charge is 0.264 e. The van der Waals surface area contributed by atoms with E-state index in [1.165, 1.54) is 27.8 Å². The number of hydrogen-bond acceptors (Lipinski definition) is 3. The Balaban J connectivity index is 1.24. The summed E-state index contributed by atoms with van der Waals surface area (Å²) in [6.45, 7) is 4.65. The van der Waals surface area contributed by atoms with Crippen molar-refractivity contribution in [3.63, 3.8) is 0 Å². The van der Waals surface area contributed by atoms with Crippen LogP contribution >= 0.6 is 0 Å². The fourth-order valence-corrected chi connectivity index (χ4v) is 7.47. The van der Waals surface area contributed by atoms with Gasteiger partial charge in [-0.25, -0.2) is 9.97 Å². The molecule has 242 valence electrons. The molecule has 0 radical (unpaired) electrons. The van der Waals surface area contributed by atoms with Crippen molar-refractivity contribution < 1.29 is 0 Å². The van der Waals surface area contributed by atoms with Crippen LogP contribution < -0.4 is 0 Å². The van der Waals surface area contributed by atoms with Crippen LogP contribution in [-0.2, 0) is 5.41 Å². The lowest BCUT2D eigenvalue weighted by molar-refractivity contribution is 0.660. The van der Waals surface area contributed by atoms with Crippen LogP contribution in [0.5, 0.6) is 0 Å². The number of aromatic nitrogens is 3. The summed E-state index contributed by atoms with van der Waals surface area (Å²) in [4.78, 5) is 14.7. The average Bonchev–Trinajstić information content (AvgIpc) is 3.44. The molecule has 1 aliphatic carbocycles. The number of nitrogens with zero attached hydrogens (tertiary/aromatic N) is 3. The van der Waals surface area contributed by atoms with Gasteiger partial charge in [-0.1, -0.05) is 141 Å². The Hall–Kier alpha value is -6.45. The summed E-state index contributed by atoms with van der Waals surface area (Å²) < 4.78 is 0. The third-order valence-corrected chi connectivity index (χ3v) is 10.2. The smallest absolute Gasteiger partial charge is 0.160 e. The zero-order valence-corrected chi connectivity index (χ0v) is 28.6. The molecule has 9 rings (SSSR count). The molecule has 3 nitrogen and oxygen atoms in total. The van der Waals surface area contributed by atoms with Crippen molar-refractivity contribution in [2.24, 2.45) is 0 Å². The van der Waals surface area contributed by atoms with Gasteiger partial charge in [0.1, 0.15) is 0 Å². The van der Waals surface area contributed by atoms with Gasteiger partial charge in [0.2, 0.25) is 0 Å². The van der Waals surface area contributed by atoms with Gasteiger partial charge in [0.15, 0.2) is 5.82 Å². The highest BCUT2D eigenvalue weighted by Gasteiger charge is 2.35. The summed E-state index contributed by atoms with van der Waals surface area (Å²) in [6, 6.07) is 58.2. The van der Waals surface area contributed by atoms with Gasteiger partial charge in [-0.05, 0) is 92.0 Å². The van der Waals surface area contributed by atoms with Crippen molar-refractivity contribution in [2.75, 3.05) is 0 Å². The van der Waals surface area contributed by atoms with Gasteiger partial charge in [-0.2, -0.15) is 0 Å². The summed E-state index contributed by atoms with van der Waals surface area (Å²) in [6.07, 6.45) is 3.71. The molecular formula is C48H35N3. The molecule has 3 heteroatoms. The summed E-state index contributed by atoms with van der Waals surface area (Å²) in [5.41, 5.74) is 16.9. The standard InChI is InChI=1S/C48H35N3/c1-48(2)43-18-10-9-17-41(43)42-29-36(23-24-44(42)48)39-26-38(33-21-19-32(20-22-33)37-16-11-25-49-31-37)27-40(28-39)47-50-45(34-12-5-3-6-13-34)30-46(51-47)35-14-7-4-8-15-35/h3-31H,1-2H3. The van der Waals surface area contributed by atoms with E-state index in [4.69, 9.17) is 9.97 Å². The summed E-state index contributed by atoms with van der Waals surface area (Å²) in [7, 11) is 0. The van der Waals surface area contributed by atoms with Gasteiger partial charge in [0.25, 0.3) is 0 Å². The summed E-state index contributed by atoms with van der Waals surface area (Å²) >= 11 is 0. The van der Waals surface area contributed by atoms with E-state index in [-0.39, 0.29) is 5.41 Å². The zero-order chi connectivity index (χ0) is 34.4. The predicted molar refractivity (Wildman–Crippen MR) is 210 cm³/mol. The second kappa shape index (κ2) is 12.5. The summed E-state index contributed by atoms with van der Waals surface area (Å²) in [5, 5.41) is 0. The summed E-state index contributed by atoms with van der Waals surface area (Å²) in [5.74, 6) is 0.693. The molecule has 0 fully saturated rings. The molecule has 0 unspecified atom stereocenters. The van der Waals surface area contributed by atoms with Crippen molar-refractivity contribution in [1.29, 1.82) is 0 Å². The van der Waals surface area contributed by atoms with E-state index in [2.05, 4.69) is 164 Å². The lowest BCUT2D eigenvalue weighted by Gasteiger charge is -2.21. The van der Waals surface area contributed by atoms with Crippen LogP contribution in [0.4, 0.5) is 0 Å². The third kappa shape index (κ3) is 5.63. The first kappa shape index (κ1) is 30.6. The maximum absolute atomic E-state index is 5.21. The normalized spacial score (nSPS) is 12.7. The van der Waals surface area contributed by atoms with Gasteiger partial charge in [-0.3, -0.25) is 4.98 Å². The minimum absolute atomic E-state index is 0.0486. The van der Waals surface area contributed by atoms with E-state index in [0.717, 1.165) is 55.9 Å². The quantitative estimate of drug-likeness (QED) is 0.179. The van der Waals surface area contributed by atoms with Crippen molar-refractivity contribution >= 4 is 0 Å². The molecule has 6 aromatic carbocycles. The number of hydrogen-bond donors (Lipinski definition) is 0. The molecule has 0 atom stereocenters. The zero-order valence-electron chi connectivity index (χ0n) is 28.6. The number of rotatable bonds is 6. The van der Waals surface area contributed by atoms with Crippen LogP contribution in [0.25, 0.3) is 78.4 Å². The highest BCUT2D eigenvalue weighted by Crippen LogP contribution is 2.49. The molecule has 0 saturated heterocycles. The first-order chi connectivity index (χ1) is 25.0. The van der Waals surface area contributed by atoms with Gasteiger partial charge >= 0.3 is 0 Å². The van der Waals surface area contributed by atoms with Crippen LogP contribution in [0.1, 0.15) is 25.0 Å². The van der Waals surface area contributed by atoms with E-state index in [0.29, 0.717) is 5.82 Å². The number of pyridine rings is 1. The second-order valence-corrected chi connectivity index (χ2v) is 13.7. The minimum atomic E-state index is -0.0486. The maximum Gasteiger partial charge on any atom is 0.160 e. The highest BCUT2D eigenvalue weighted by atomic mass is 14.9. The van der Waals surface area contributed by atoms with Crippen LogP contribution in [0.3, 0.4) is 0 Å². The van der Waals surface area contributed by atoms with Crippen molar-refractivity contribution in [3.05, 3.63) is 187 Å². The van der Waals surface area contributed by atoms with Crippen molar-refractivity contribution in [3.8, 4) is 78.4 Å². The molecule has 2 heterocycles. The lowest BCUT2D eigenvalue weighted by Crippen LogP contribution is -2.14. The van der Waals surface area contributed by atoms with E-state index in [1.807, 2.05) is 30.6 Å². The second-order valence-electron chi connectivity index (χ2n) is 13.7. The van der Waals surface area contributed by atoms with E-state index >= 15 is 0 Å². The topological polar surface area (TPSA) is 38.7 Å². The van der Waals surface area contributed by atoms with Gasteiger partial charge in [0.05, 0.1) is 11.4 Å². The van der Waals surface area contributed by atoms with Crippen LogP contribution in [0.15, 0.2) is 176 Å². The minimum Gasteiger partial charge on any atom is -0.264 e. The average molecular weight is 654 g/mol. The molecule has 8 aromatic rings. The van der Waals surface area contributed by atoms with Crippen molar-refractivity contribution in [2.45, 2.75) is 19.3 Å². The fraction of sp³-hybridized carbons (Fsp3) is 0.0625. The monoisotopic (exact) mass is 653 g/mol. The van der Waals surface area contributed by atoms with Crippen LogP contribution in [0, 0.1) is 0 Å². The SMILES string of the molecule is CC1(C)c2ccccc2-c2cc(-c3cc(-c4ccc(-c5cccnc5)cc4)cc(-c4nc(-c5ccccc5)cc(-c5ccccc5)n4)c3)ccc21. The van der Waals surface area contributed by atoms with Gasteiger partial charge in [0, 0.05) is 34.5 Å². The van der Waals surface area contributed by atoms with Crippen LogP contribution in [0.2, 0.25) is 0 Å². The molecule has 0 spiro atoms. The molecular weight excluding hydrogens is 619 g/mol. The van der Waals surface area contributed by atoms with Gasteiger partial charge < -0.3 is 0 Å². The molecule has 0 amide bonds. The Morgan fingerprint density at radius 1 is 0.373 bits per heavy atom. The van der Waals surface area contributed by atoms with Crippen LogP contribution in [-0.4, -0.2) is 15.0 Å². The highest BCUT2D eigenvalue weighted by molar-refractivity contribution is 5.87. The first-order valence-corrected chi connectivity index (χ1v) is 17.4. The Labute approximate surface area is 299 Å². The number of benzene rings is 6. The Morgan fingerprint density at radius 3 is 1.55 bits per heavy atom. The fourth-order valence-electron chi connectivity index (χ4n) is 7.47. The molecule has 51 heavy (non-hydrogen) atoms. The molecule has 0 aliphatic heterocycles. The third-order valence-electron chi connectivity index (χ3n) is 10.2. The molecule has 0 N–H and O–H groups in total. The Morgan fingerprint density at radius 2 is 0.902 bits per heavy atom. The maximum atomic E-state index is 5.21. The van der Waals surface area contributed by atoms with Crippen molar-refractivity contribution in [1.82, 2.24) is 15.0 Å². The Bertz CT molecular complexity index is 2460. The lowest BCUT2D eigenvalue weighted by atomic mass is 9.82. The molecule has 0 bridgehead atoms.